The first kappa shape index (κ1) is 20.5. The molecule has 6 aromatic rings. The third kappa shape index (κ3) is 3.32. The molecule has 0 spiro atoms. The highest BCUT2D eigenvalue weighted by molar-refractivity contribution is 9.10. The molecular formula is C30H18BrNS2. The molecule has 1 nitrogen and oxygen atoms in total. The van der Waals surface area contributed by atoms with Crippen molar-refractivity contribution in [1.82, 2.24) is 4.57 Å². The first-order chi connectivity index (χ1) is 16.7. The van der Waals surface area contributed by atoms with Crippen LogP contribution in [0.5, 0.6) is 0 Å². The number of aromatic nitrogens is 1. The Bertz CT molecular complexity index is 1720. The number of nitrogens with zero attached hydrogens (tertiary/aromatic N) is 1. The van der Waals surface area contributed by atoms with Crippen molar-refractivity contribution in [2.45, 2.75) is 19.6 Å². The van der Waals surface area contributed by atoms with Crippen LogP contribution in [-0.2, 0) is 0 Å². The average molecular weight is 537 g/mol. The first-order valence-electron chi connectivity index (χ1n) is 11.1. The lowest BCUT2D eigenvalue weighted by Crippen LogP contribution is -1.93. The number of hydrogen-bond donors (Lipinski definition) is 0. The van der Waals surface area contributed by atoms with Crippen LogP contribution in [0.15, 0.2) is 133 Å². The van der Waals surface area contributed by atoms with Crippen LogP contribution in [0, 0.1) is 0 Å². The molecule has 7 rings (SSSR count). The summed E-state index contributed by atoms with van der Waals surface area (Å²) in [5.74, 6) is 0. The van der Waals surface area contributed by atoms with Gasteiger partial charge in [-0.1, -0.05) is 88.0 Å². The summed E-state index contributed by atoms with van der Waals surface area (Å²) in [4.78, 5) is 5.28. The van der Waals surface area contributed by atoms with Crippen molar-refractivity contribution < 1.29 is 0 Å². The van der Waals surface area contributed by atoms with E-state index in [-0.39, 0.29) is 0 Å². The minimum atomic E-state index is 1.13. The summed E-state index contributed by atoms with van der Waals surface area (Å²) in [5, 5.41) is 2.57. The Hall–Kier alpha value is -2.92. The number of hydrogen-bond acceptors (Lipinski definition) is 2. The highest BCUT2D eigenvalue weighted by Gasteiger charge is 2.19. The second-order valence-corrected chi connectivity index (χ2v) is 11.5. The van der Waals surface area contributed by atoms with Crippen LogP contribution in [0.3, 0.4) is 0 Å². The van der Waals surface area contributed by atoms with Gasteiger partial charge in [0.15, 0.2) is 0 Å². The van der Waals surface area contributed by atoms with Crippen molar-refractivity contribution in [3.05, 3.63) is 114 Å². The van der Waals surface area contributed by atoms with E-state index in [0.29, 0.717) is 0 Å². The van der Waals surface area contributed by atoms with Gasteiger partial charge in [0, 0.05) is 40.5 Å². The molecule has 1 aliphatic heterocycles. The molecule has 0 atom stereocenters. The highest BCUT2D eigenvalue weighted by atomic mass is 79.9. The highest BCUT2D eigenvalue weighted by Crippen LogP contribution is 2.50. The molecule has 0 aliphatic carbocycles. The molecule has 2 heterocycles. The van der Waals surface area contributed by atoms with Gasteiger partial charge in [-0.25, -0.2) is 0 Å². The van der Waals surface area contributed by atoms with Gasteiger partial charge >= 0.3 is 0 Å². The second kappa shape index (κ2) is 8.09. The van der Waals surface area contributed by atoms with Gasteiger partial charge in [0.2, 0.25) is 0 Å². The summed E-state index contributed by atoms with van der Waals surface area (Å²) in [6.45, 7) is 0. The van der Waals surface area contributed by atoms with E-state index in [0.717, 1.165) is 4.47 Å². The molecule has 0 fully saturated rings. The summed E-state index contributed by atoms with van der Waals surface area (Å²) in [7, 11) is 0. The Balaban J connectivity index is 1.37. The van der Waals surface area contributed by atoms with Crippen LogP contribution in [0.4, 0.5) is 0 Å². The van der Waals surface area contributed by atoms with Crippen LogP contribution in [0.1, 0.15) is 0 Å². The lowest BCUT2D eigenvalue weighted by atomic mass is 10.0. The third-order valence-corrected chi connectivity index (χ3v) is 9.33. The Morgan fingerprint density at radius 3 is 2.00 bits per heavy atom. The Morgan fingerprint density at radius 1 is 0.500 bits per heavy atom. The molecule has 0 N–H and O–H groups in total. The van der Waals surface area contributed by atoms with E-state index in [1.165, 1.54) is 58.2 Å². The number of fused-ring (bicyclic) bond motifs is 5. The van der Waals surface area contributed by atoms with E-state index in [1.807, 2.05) is 23.5 Å². The van der Waals surface area contributed by atoms with Crippen molar-refractivity contribution in [3.8, 4) is 16.8 Å². The zero-order chi connectivity index (χ0) is 22.6. The molecule has 0 radical (unpaired) electrons. The first-order valence-corrected chi connectivity index (χ1v) is 13.6. The van der Waals surface area contributed by atoms with Crippen molar-refractivity contribution in [1.29, 1.82) is 0 Å². The Morgan fingerprint density at radius 2 is 1.15 bits per heavy atom. The summed E-state index contributed by atoms with van der Waals surface area (Å²) >= 11 is 7.32. The van der Waals surface area contributed by atoms with Gasteiger partial charge in [-0.2, -0.15) is 0 Å². The molecule has 162 valence electrons. The van der Waals surface area contributed by atoms with E-state index in [1.54, 1.807) is 0 Å². The topological polar surface area (TPSA) is 4.93 Å². The SMILES string of the molecule is Brc1ccc2c(c1)Sc1ccc(-c3ccc4c(c3)c3ccccc3n4-c3ccccc3)cc1S2. The molecule has 0 unspecified atom stereocenters. The minimum absolute atomic E-state index is 1.13. The molecule has 0 amide bonds. The fraction of sp³-hybridized carbons (Fsp3) is 0. The van der Waals surface area contributed by atoms with Gasteiger partial charge in [0.25, 0.3) is 0 Å². The molecule has 0 saturated heterocycles. The maximum Gasteiger partial charge on any atom is 0.0541 e. The molecule has 34 heavy (non-hydrogen) atoms. The predicted octanol–water partition coefficient (Wildman–Crippen LogP) is 9.83. The van der Waals surface area contributed by atoms with E-state index < -0.39 is 0 Å². The zero-order valence-electron chi connectivity index (χ0n) is 18.0. The van der Waals surface area contributed by atoms with Crippen molar-refractivity contribution in [2.24, 2.45) is 0 Å². The standard InChI is InChI=1S/C30H18BrNS2/c31-21-12-15-28-30(18-21)34-27-14-11-20(17-29(27)33-28)19-10-13-26-24(16-19)23-8-4-5-9-25(23)32(26)22-6-2-1-3-7-22/h1-18H. The Labute approximate surface area is 214 Å². The second-order valence-electron chi connectivity index (χ2n) is 8.38. The fourth-order valence-electron chi connectivity index (χ4n) is 4.74. The van der Waals surface area contributed by atoms with Crippen molar-refractivity contribution in [2.75, 3.05) is 0 Å². The van der Waals surface area contributed by atoms with Gasteiger partial charge < -0.3 is 4.57 Å². The van der Waals surface area contributed by atoms with Crippen LogP contribution in [0.25, 0.3) is 38.6 Å². The van der Waals surface area contributed by atoms with Gasteiger partial charge in [0.1, 0.15) is 0 Å². The normalized spacial score (nSPS) is 12.6. The molecule has 4 heteroatoms. The molecule has 5 aromatic carbocycles. The summed E-state index contributed by atoms with van der Waals surface area (Å²) in [6, 6.07) is 39.6. The number of rotatable bonds is 2. The molecule has 1 aliphatic rings. The largest absolute Gasteiger partial charge is 0.309 e. The maximum absolute atomic E-state index is 3.60. The van der Waals surface area contributed by atoms with Crippen LogP contribution >= 0.6 is 39.5 Å². The van der Waals surface area contributed by atoms with Gasteiger partial charge in [-0.15, -0.1) is 0 Å². The van der Waals surface area contributed by atoms with Crippen molar-refractivity contribution in [3.63, 3.8) is 0 Å². The van der Waals surface area contributed by atoms with E-state index in [2.05, 4.69) is 130 Å². The quantitative estimate of drug-likeness (QED) is 0.217. The molecular weight excluding hydrogens is 518 g/mol. The van der Waals surface area contributed by atoms with Crippen LogP contribution < -0.4 is 0 Å². The maximum atomic E-state index is 3.60. The van der Waals surface area contributed by atoms with Crippen molar-refractivity contribution >= 4 is 61.3 Å². The lowest BCUT2D eigenvalue weighted by Gasteiger charge is -2.19. The summed E-state index contributed by atoms with van der Waals surface area (Å²) in [6.07, 6.45) is 0. The van der Waals surface area contributed by atoms with E-state index >= 15 is 0 Å². The Kier molecular flexibility index (Phi) is 4.87. The lowest BCUT2D eigenvalue weighted by molar-refractivity contribution is 1.15. The predicted molar refractivity (Wildman–Crippen MR) is 149 cm³/mol. The van der Waals surface area contributed by atoms with Gasteiger partial charge in [-0.05, 0) is 71.8 Å². The van der Waals surface area contributed by atoms with E-state index in [4.69, 9.17) is 0 Å². The number of para-hydroxylation sites is 2. The third-order valence-electron chi connectivity index (χ3n) is 6.31. The molecule has 0 saturated carbocycles. The van der Waals surface area contributed by atoms with Crippen LogP contribution in [0.2, 0.25) is 0 Å². The number of halogens is 1. The zero-order valence-corrected chi connectivity index (χ0v) is 21.3. The summed E-state index contributed by atoms with van der Waals surface area (Å²) < 4.78 is 3.49. The van der Waals surface area contributed by atoms with Crippen LogP contribution in [-0.4, -0.2) is 4.57 Å². The van der Waals surface area contributed by atoms with E-state index in [9.17, 15) is 0 Å². The minimum Gasteiger partial charge on any atom is -0.309 e. The average Bonchev–Trinajstić information content (AvgIpc) is 3.21. The number of benzene rings is 5. The monoisotopic (exact) mass is 535 g/mol. The van der Waals surface area contributed by atoms with Gasteiger partial charge in [0.05, 0.1) is 11.0 Å². The fourth-order valence-corrected chi connectivity index (χ4v) is 7.53. The summed E-state index contributed by atoms with van der Waals surface area (Å²) in [5.41, 5.74) is 6.16. The molecule has 0 bridgehead atoms. The van der Waals surface area contributed by atoms with Gasteiger partial charge in [-0.3, -0.25) is 0 Å². The smallest absolute Gasteiger partial charge is 0.0541 e. The molecule has 1 aromatic heterocycles.